The Morgan fingerprint density at radius 3 is 2.44 bits per heavy atom. The third-order valence-electron chi connectivity index (χ3n) is 6.81. The van der Waals surface area contributed by atoms with Crippen LogP contribution in [-0.4, -0.2) is 28.3 Å². The van der Waals surface area contributed by atoms with Gasteiger partial charge >= 0.3 is 5.97 Å². The quantitative estimate of drug-likeness (QED) is 0.154. The van der Waals surface area contributed by atoms with Crippen LogP contribution in [0.25, 0.3) is 5.57 Å². The van der Waals surface area contributed by atoms with Crippen molar-refractivity contribution in [1.29, 1.82) is 0 Å². The first-order valence-corrected chi connectivity index (χ1v) is 14.6. The van der Waals surface area contributed by atoms with Crippen LogP contribution in [0.2, 0.25) is 0 Å². The summed E-state index contributed by atoms with van der Waals surface area (Å²) >= 11 is 1.76. The minimum atomic E-state index is -1.40. The Kier molecular flexibility index (Phi) is 10.2. The summed E-state index contributed by atoms with van der Waals surface area (Å²) in [5.41, 5.74) is 2.46. The van der Waals surface area contributed by atoms with Crippen LogP contribution in [0, 0.1) is 13.8 Å². The summed E-state index contributed by atoms with van der Waals surface area (Å²) in [5.74, 6) is 1.66. The molecule has 7 heteroatoms. The molecule has 0 saturated heterocycles. The summed E-state index contributed by atoms with van der Waals surface area (Å²) in [4.78, 5) is 18.2. The van der Waals surface area contributed by atoms with E-state index in [1.165, 1.54) is 4.88 Å². The molecule has 1 N–H and O–H groups in total. The van der Waals surface area contributed by atoms with E-state index in [1.807, 2.05) is 63.2 Å². The number of carbonyl (C=O) groups is 1. The van der Waals surface area contributed by atoms with Crippen molar-refractivity contribution in [1.82, 2.24) is 4.98 Å². The highest BCUT2D eigenvalue weighted by Crippen LogP contribution is 2.25. The molecule has 2 aromatic carbocycles. The summed E-state index contributed by atoms with van der Waals surface area (Å²) in [6.07, 6.45) is 8.92. The number of carboxylic acids is 1. The standard InChI is InChI=1S/C34H37NO5S/c1-5-27(9-6-7-10-30-11-8-22-41-30)32-35-31(25(3)39-32)20-21-38-28-18-14-26(15-19-28)23-34(4,33(36)37)40-29-16-12-24(2)13-17-29/h5-8,11-19,22H,9-10,20-21,23H2,1-4H3,(H,36,37)/b7-6-,27-5+. The minimum absolute atomic E-state index is 0.216. The van der Waals surface area contributed by atoms with Crippen LogP contribution in [0.1, 0.15) is 53.6 Å². The van der Waals surface area contributed by atoms with Gasteiger partial charge in [-0.3, -0.25) is 0 Å². The second-order valence-corrected chi connectivity index (χ2v) is 11.2. The molecular weight excluding hydrogens is 534 g/mol. The van der Waals surface area contributed by atoms with E-state index in [-0.39, 0.29) is 6.42 Å². The van der Waals surface area contributed by atoms with Crippen molar-refractivity contribution in [3.63, 3.8) is 0 Å². The molecule has 6 nitrogen and oxygen atoms in total. The number of thiophene rings is 1. The van der Waals surface area contributed by atoms with Gasteiger partial charge in [0, 0.05) is 23.3 Å². The van der Waals surface area contributed by atoms with Gasteiger partial charge in [0.05, 0.1) is 12.3 Å². The zero-order chi connectivity index (χ0) is 29.2. The summed E-state index contributed by atoms with van der Waals surface area (Å²) in [6.45, 7) is 7.94. The number of rotatable bonds is 14. The summed E-state index contributed by atoms with van der Waals surface area (Å²) in [6, 6.07) is 19.0. The number of carboxylic acid groups (broad SMARTS) is 1. The highest BCUT2D eigenvalue weighted by molar-refractivity contribution is 7.09. The molecule has 2 heterocycles. The molecule has 0 bridgehead atoms. The predicted molar refractivity (Wildman–Crippen MR) is 164 cm³/mol. The summed E-state index contributed by atoms with van der Waals surface area (Å²) in [5, 5.41) is 12.0. The van der Waals surface area contributed by atoms with Crippen molar-refractivity contribution < 1.29 is 23.8 Å². The van der Waals surface area contributed by atoms with E-state index in [2.05, 4.69) is 29.7 Å². The first kappa shape index (κ1) is 29.9. The number of aryl methyl sites for hydroxylation is 2. The van der Waals surface area contributed by atoms with Crippen LogP contribution in [0.15, 0.2) is 88.7 Å². The van der Waals surface area contributed by atoms with Gasteiger partial charge in [-0.25, -0.2) is 9.78 Å². The fraction of sp³-hybridized carbons (Fsp3) is 0.294. The van der Waals surface area contributed by atoms with E-state index in [0.29, 0.717) is 30.4 Å². The molecule has 0 spiro atoms. The van der Waals surface area contributed by atoms with Crippen LogP contribution >= 0.6 is 11.3 Å². The van der Waals surface area contributed by atoms with Gasteiger partial charge in [0.1, 0.15) is 17.3 Å². The Bertz CT molecular complexity index is 1470. The molecule has 0 aliphatic carbocycles. The second kappa shape index (κ2) is 14.0. The van der Waals surface area contributed by atoms with Crippen LogP contribution in [0.5, 0.6) is 11.5 Å². The Labute approximate surface area is 246 Å². The van der Waals surface area contributed by atoms with Gasteiger partial charge in [0.2, 0.25) is 11.5 Å². The smallest absolute Gasteiger partial charge is 0.348 e. The molecule has 0 fully saturated rings. The Balaban J connectivity index is 1.29. The zero-order valence-corrected chi connectivity index (χ0v) is 24.9. The lowest BCUT2D eigenvalue weighted by molar-refractivity contribution is -0.153. The van der Waals surface area contributed by atoms with Crippen molar-refractivity contribution in [3.05, 3.63) is 118 Å². The van der Waals surface area contributed by atoms with Gasteiger partial charge < -0.3 is 19.0 Å². The molecule has 214 valence electrons. The van der Waals surface area contributed by atoms with Crippen molar-refractivity contribution in [3.8, 4) is 11.5 Å². The molecule has 0 aliphatic rings. The molecule has 0 aliphatic heterocycles. The van der Waals surface area contributed by atoms with E-state index in [0.717, 1.165) is 41.0 Å². The van der Waals surface area contributed by atoms with E-state index in [9.17, 15) is 9.90 Å². The number of hydrogen-bond acceptors (Lipinski definition) is 6. The highest BCUT2D eigenvalue weighted by atomic mass is 32.1. The average Bonchev–Trinajstić information content (AvgIpc) is 3.61. The molecule has 2 aromatic heterocycles. The summed E-state index contributed by atoms with van der Waals surface area (Å²) in [7, 11) is 0. The number of aliphatic carboxylic acids is 1. The molecule has 41 heavy (non-hydrogen) atoms. The van der Waals surface area contributed by atoms with Crippen LogP contribution in [0.4, 0.5) is 0 Å². The number of benzene rings is 2. The maximum absolute atomic E-state index is 12.1. The van der Waals surface area contributed by atoms with Crippen LogP contribution < -0.4 is 9.47 Å². The lowest BCUT2D eigenvalue weighted by Crippen LogP contribution is -2.43. The lowest BCUT2D eigenvalue weighted by atomic mass is 9.96. The van der Waals surface area contributed by atoms with Crippen LogP contribution in [-0.2, 0) is 24.1 Å². The summed E-state index contributed by atoms with van der Waals surface area (Å²) < 4.78 is 17.8. The maximum Gasteiger partial charge on any atom is 0.348 e. The van der Waals surface area contributed by atoms with E-state index >= 15 is 0 Å². The third-order valence-corrected chi connectivity index (χ3v) is 7.71. The molecular formula is C34H37NO5S. The first-order valence-electron chi connectivity index (χ1n) is 13.8. The van der Waals surface area contributed by atoms with Gasteiger partial charge in [0.25, 0.3) is 0 Å². The molecule has 0 amide bonds. The third kappa shape index (κ3) is 8.44. The lowest BCUT2D eigenvalue weighted by Gasteiger charge is -2.26. The molecule has 4 rings (SSSR count). The second-order valence-electron chi connectivity index (χ2n) is 10.2. The zero-order valence-electron chi connectivity index (χ0n) is 24.1. The minimum Gasteiger partial charge on any atom is -0.493 e. The van der Waals surface area contributed by atoms with Gasteiger partial charge in [-0.15, -0.1) is 11.3 Å². The Hall–Kier alpha value is -4.10. The normalized spacial score (nSPS) is 13.3. The highest BCUT2D eigenvalue weighted by Gasteiger charge is 2.36. The number of hydrogen-bond donors (Lipinski definition) is 1. The topological polar surface area (TPSA) is 81.8 Å². The first-order chi connectivity index (χ1) is 19.8. The number of oxazole rings is 1. The van der Waals surface area contributed by atoms with Gasteiger partial charge in [-0.05, 0) is 81.8 Å². The van der Waals surface area contributed by atoms with E-state index in [4.69, 9.17) is 18.9 Å². The number of allylic oxidation sites excluding steroid dienone is 4. The number of ether oxygens (including phenoxy) is 2. The molecule has 0 saturated carbocycles. The fourth-order valence-electron chi connectivity index (χ4n) is 4.34. The van der Waals surface area contributed by atoms with Crippen molar-refractivity contribution in [2.75, 3.05) is 6.61 Å². The maximum atomic E-state index is 12.1. The molecule has 1 atom stereocenters. The van der Waals surface area contributed by atoms with E-state index in [1.54, 1.807) is 30.4 Å². The van der Waals surface area contributed by atoms with Crippen molar-refractivity contribution >= 4 is 22.9 Å². The number of aromatic nitrogens is 1. The van der Waals surface area contributed by atoms with Gasteiger partial charge in [0.15, 0.2) is 0 Å². The van der Waals surface area contributed by atoms with Gasteiger partial charge in [-0.2, -0.15) is 0 Å². The largest absolute Gasteiger partial charge is 0.493 e. The SMILES string of the molecule is C/C=C(\C/C=C\Cc1cccs1)c1nc(CCOc2ccc(CC(C)(Oc3ccc(C)cc3)C(=O)O)cc2)c(C)o1. The number of nitrogens with zero attached hydrogens (tertiary/aromatic N) is 1. The fourth-order valence-corrected chi connectivity index (χ4v) is 5.03. The van der Waals surface area contributed by atoms with Crippen LogP contribution in [0.3, 0.4) is 0 Å². The van der Waals surface area contributed by atoms with Gasteiger partial charge in [-0.1, -0.05) is 54.1 Å². The predicted octanol–water partition coefficient (Wildman–Crippen LogP) is 8.03. The molecule has 0 radical (unpaired) electrons. The molecule has 4 aromatic rings. The molecule has 1 unspecified atom stereocenters. The average molecular weight is 572 g/mol. The monoisotopic (exact) mass is 571 g/mol. The van der Waals surface area contributed by atoms with Crippen molar-refractivity contribution in [2.45, 2.75) is 59.0 Å². The Morgan fingerprint density at radius 1 is 1.05 bits per heavy atom. The Morgan fingerprint density at radius 2 is 1.78 bits per heavy atom. The van der Waals surface area contributed by atoms with E-state index < -0.39 is 11.6 Å². The van der Waals surface area contributed by atoms with Crippen molar-refractivity contribution in [2.24, 2.45) is 0 Å².